The van der Waals surface area contributed by atoms with Crippen LogP contribution in [0.2, 0.25) is 0 Å². The van der Waals surface area contributed by atoms with Crippen LogP contribution in [0.4, 0.5) is 0 Å². The summed E-state index contributed by atoms with van der Waals surface area (Å²) in [6.45, 7) is 2.91. The van der Waals surface area contributed by atoms with Gasteiger partial charge >= 0.3 is 0 Å². The predicted molar refractivity (Wildman–Crippen MR) is 81.7 cm³/mol. The second-order valence-corrected chi connectivity index (χ2v) is 5.50. The van der Waals surface area contributed by atoms with E-state index in [9.17, 15) is 4.79 Å². The van der Waals surface area contributed by atoms with E-state index in [2.05, 4.69) is 11.2 Å². The second-order valence-electron chi connectivity index (χ2n) is 5.11. The maximum absolute atomic E-state index is 12.1. The number of nitrogens with one attached hydrogen (secondary N) is 1. The number of amides is 1. The molecule has 1 saturated heterocycles. The Labute approximate surface area is 125 Å². The van der Waals surface area contributed by atoms with Crippen molar-refractivity contribution in [2.75, 3.05) is 13.2 Å². The van der Waals surface area contributed by atoms with E-state index in [4.69, 9.17) is 23.4 Å². The van der Waals surface area contributed by atoms with Crippen molar-refractivity contribution < 1.29 is 9.53 Å². The van der Waals surface area contributed by atoms with E-state index in [0.717, 1.165) is 25.7 Å². The fourth-order valence-corrected chi connectivity index (χ4v) is 3.02. The highest BCUT2D eigenvalue weighted by molar-refractivity contribution is 7.80. The van der Waals surface area contributed by atoms with Crippen molar-refractivity contribution in [2.24, 2.45) is 5.92 Å². The molecule has 0 atom stereocenters. The van der Waals surface area contributed by atoms with Gasteiger partial charge in [0.2, 0.25) is 0 Å². The lowest BCUT2D eigenvalue weighted by atomic mass is 9.86. The van der Waals surface area contributed by atoms with E-state index >= 15 is 0 Å². The molecule has 20 heavy (non-hydrogen) atoms. The lowest BCUT2D eigenvalue weighted by molar-refractivity contribution is -0.122. The van der Waals surface area contributed by atoms with E-state index < -0.39 is 0 Å². The molecule has 0 unspecified atom stereocenters. The average molecular weight is 292 g/mol. The van der Waals surface area contributed by atoms with Crippen molar-refractivity contribution in [3.8, 4) is 12.3 Å². The number of carbonyl (C=O) groups excluding carboxylic acids is 1. The number of thiocarbonyl (C=S) groups is 1. The minimum Gasteiger partial charge on any atom is -0.366 e. The summed E-state index contributed by atoms with van der Waals surface area (Å²) in [4.78, 5) is 13.7. The first kappa shape index (κ1) is 15.0. The number of hydrogen-bond donors (Lipinski definition) is 1. The van der Waals surface area contributed by atoms with Gasteiger partial charge in [-0.15, -0.1) is 6.42 Å². The summed E-state index contributed by atoms with van der Waals surface area (Å²) in [7, 11) is 0. The van der Waals surface area contributed by atoms with Crippen molar-refractivity contribution in [3.63, 3.8) is 0 Å². The minimum absolute atomic E-state index is 0.0109. The van der Waals surface area contributed by atoms with Gasteiger partial charge in [-0.1, -0.05) is 12.0 Å². The Bertz CT molecular complexity index is 459. The standard InChI is InChI=1S/C15H20N2O2S/c1-3-9-19-12-7-5-11(6-8-12)10-13-14(18)17(4-2)15(20)16-13/h1,10-12H,4-9H2,2H3,(H,16,20)/b13-10-. The molecule has 2 fully saturated rings. The topological polar surface area (TPSA) is 41.6 Å². The first-order valence-electron chi connectivity index (χ1n) is 7.05. The summed E-state index contributed by atoms with van der Waals surface area (Å²) < 4.78 is 5.55. The van der Waals surface area contributed by atoms with Crippen molar-refractivity contribution in [3.05, 3.63) is 11.8 Å². The molecule has 2 rings (SSSR count). The maximum Gasteiger partial charge on any atom is 0.276 e. The monoisotopic (exact) mass is 292 g/mol. The molecular formula is C15H20N2O2S. The van der Waals surface area contributed by atoms with Crippen molar-refractivity contribution in [1.29, 1.82) is 0 Å². The molecule has 0 aromatic carbocycles. The van der Waals surface area contributed by atoms with Crippen LogP contribution in [0.1, 0.15) is 32.6 Å². The largest absolute Gasteiger partial charge is 0.366 e. The molecule has 0 aromatic rings. The fraction of sp³-hybridized carbons (Fsp3) is 0.600. The number of likely N-dealkylation sites (N-methyl/N-ethyl adjacent to an activating group) is 1. The highest BCUT2D eigenvalue weighted by atomic mass is 32.1. The van der Waals surface area contributed by atoms with Crippen LogP contribution in [-0.2, 0) is 9.53 Å². The lowest BCUT2D eigenvalue weighted by Gasteiger charge is -2.26. The van der Waals surface area contributed by atoms with Crippen LogP contribution in [0.15, 0.2) is 11.8 Å². The molecule has 2 aliphatic rings. The summed E-state index contributed by atoms with van der Waals surface area (Å²) in [5.41, 5.74) is 0.629. The van der Waals surface area contributed by atoms with Crippen molar-refractivity contribution in [2.45, 2.75) is 38.7 Å². The number of nitrogens with zero attached hydrogens (tertiary/aromatic N) is 1. The zero-order valence-electron chi connectivity index (χ0n) is 11.7. The van der Waals surface area contributed by atoms with E-state index in [-0.39, 0.29) is 12.0 Å². The molecule has 1 N–H and O–H groups in total. The van der Waals surface area contributed by atoms with Crippen LogP contribution in [0.25, 0.3) is 0 Å². The summed E-state index contributed by atoms with van der Waals surface area (Å²) >= 11 is 5.14. The van der Waals surface area contributed by atoms with Gasteiger partial charge in [0.25, 0.3) is 5.91 Å². The van der Waals surface area contributed by atoms with Gasteiger partial charge in [0.05, 0.1) is 6.10 Å². The Balaban J connectivity index is 1.89. The molecule has 4 nitrogen and oxygen atoms in total. The smallest absolute Gasteiger partial charge is 0.276 e. The van der Waals surface area contributed by atoms with Gasteiger partial charge in [0.1, 0.15) is 12.3 Å². The summed E-state index contributed by atoms with van der Waals surface area (Å²) in [5.74, 6) is 2.90. The Morgan fingerprint density at radius 1 is 1.50 bits per heavy atom. The molecular weight excluding hydrogens is 272 g/mol. The summed E-state index contributed by atoms with van der Waals surface area (Å²) in [6.07, 6.45) is 11.5. The van der Waals surface area contributed by atoms with Gasteiger partial charge in [-0.3, -0.25) is 9.69 Å². The van der Waals surface area contributed by atoms with Gasteiger partial charge in [-0.25, -0.2) is 0 Å². The molecule has 0 bridgehead atoms. The Morgan fingerprint density at radius 3 is 2.75 bits per heavy atom. The number of allylic oxidation sites excluding steroid dienone is 1. The maximum atomic E-state index is 12.1. The highest BCUT2D eigenvalue weighted by Gasteiger charge is 2.30. The Hall–Kier alpha value is -1.38. The van der Waals surface area contributed by atoms with Gasteiger partial charge < -0.3 is 10.1 Å². The molecule has 5 heteroatoms. The Kier molecular flexibility index (Phi) is 5.16. The number of carbonyl (C=O) groups is 1. The average Bonchev–Trinajstić information content (AvgIpc) is 2.72. The van der Waals surface area contributed by atoms with Gasteiger partial charge in [-0.05, 0) is 50.7 Å². The summed E-state index contributed by atoms with van der Waals surface area (Å²) in [6, 6.07) is 0. The predicted octanol–water partition coefficient (Wildman–Crippen LogP) is 1.82. The zero-order valence-corrected chi connectivity index (χ0v) is 12.5. The molecule has 0 radical (unpaired) electrons. The van der Waals surface area contributed by atoms with Crippen LogP contribution >= 0.6 is 12.2 Å². The van der Waals surface area contributed by atoms with Gasteiger partial charge in [0, 0.05) is 6.54 Å². The number of ether oxygens (including phenoxy) is 1. The second kappa shape index (κ2) is 6.87. The quantitative estimate of drug-likeness (QED) is 0.487. The molecule has 1 aliphatic carbocycles. The highest BCUT2D eigenvalue weighted by Crippen LogP contribution is 2.28. The van der Waals surface area contributed by atoms with Crippen molar-refractivity contribution >= 4 is 23.2 Å². The first-order valence-corrected chi connectivity index (χ1v) is 7.46. The third kappa shape index (κ3) is 3.38. The van der Waals surface area contributed by atoms with Crippen LogP contribution in [0.5, 0.6) is 0 Å². The molecule has 0 spiro atoms. The van der Waals surface area contributed by atoms with Crippen molar-refractivity contribution in [1.82, 2.24) is 10.2 Å². The number of hydrogen-bond acceptors (Lipinski definition) is 3. The first-order chi connectivity index (χ1) is 9.65. The lowest BCUT2D eigenvalue weighted by Crippen LogP contribution is -2.30. The minimum atomic E-state index is -0.0109. The van der Waals surface area contributed by atoms with Crippen LogP contribution < -0.4 is 5.32 Å². The zero-order chi connectivity index (χ0) is 14.5. The van der Waals surface area contributed by atoms with E-state index in [1.807, 2.05) is 13.0 Å². The SMILES string of the molecule is C#CCOC1CCC(/C=C2\NC(=S)N(CC)C2=O)CC1. The van der Waals surface area contributed by atoms with Crippen LogP contribution in [0, 0.1) is 18.3 Å². The van der Waals surface area contributed by atoms with Gasteiger partial charge in [-0.2, -0.15) is 0 Å². The van der Waals surface area contributed by atoms with E-state index in [1.165, 1.54) is 0 Å². The van der Waals surface area contributed by atoms with Crippen LogP contribution in [-0.4, -0.2) is 35.2 Å². The van der Waals surface area contributed by atoms with E-state index in [0.29, 0.717) is 29.9 Å². The third-order valence-electron chi connectivity index (χ3n) is 3.80. The number of terminal acetylenes is 1. The molecule has 1 saturated carbocycles. The fourth-order valence-electron chi connectivity index (χ4n) is 2.70. The normalized spacial score (nSPS) is 28.6. The van der Waals surface area contributed by atoms with E-state index in [1.54, 1.807) is 4.90 Å². The summed E-state index contributed by atoms with van der Waals surface area (Å²) in [5, 5.41) is 3.52. The molecule has 1 heterocycles. The molecule has 1 amide bonds. The van der Waals surface area contributed by atoms with Crippen LogP contribution in [0.3, 0.4) is 0 Å². The molecule has 1 aliphatic heterocycles. The third-order valence-corrected chi connectivity index (χ3v) is 4.12. The Morgan fingerprint density at radius 2 is 2.20 bits per heavy atom. The number of rotatable bonds is 4. The molecule has 108 valence electrons. The molecule has 0 aromatic heterocycles. The van der Waals surface area contributed by atoms with Gasteiger partial charge in [0.15, 0.2) is 5.11 Å².